The van der Waals surface area contributed by atoms with Gasteiger partial charge in [-0.15, -0.1) is 12.4 Å². The van der Waals surface area contributed by atoms with Crippen LogP contribution in [-0.4, -0.2) is 33.6 Å². The molecule has 21 heavy (non-hydrogen) atoms. The molecule has 0 spiro atoms. The Morgan fingerprint density at radius 3 is 2.52 bits per heavy atom. The summed E-state index contributed by atoms with van der Waals surface area (Å²) in [5.41, 5.74) is 5.54. The molecule has 0 unspecified atom stereocenters. The fourth-order valence-corrected chi connectivity index (χ4v) is 3.44. The van der Waals surface area contributed by atoms with E-state index in [0.717, 1.165) is 19.3 Å². The third kappa shape index (κ3) is 3.94. The number of nitrogens with two attached hydrogens (primary N) is 1. The Bertz CT molecular complexity index is 614. The van der Waals surface area contributed by atoms with Gasteiger partial charge in [0.05, 0.1) is 17.6 Å². The van der Waals surface area contributed by atoms with Crippen LogP contribution in [0.5, 0.6) is 0 Å². The Morgan fingerprint density at radius 2 is 2.00 bits per heavy atom. The van der Waals surface area contributed by atoms with E-state index in [-0.39, 0.29) is 29.4 Å². The van der Waals surface area contributed by atoms with Crippen molar-refractivity contribution in [2.24, 2.45) is 5.73 Å². The largest absolute Gasteiger partial charge is 0.465 e. The molecule has 1 aliphatic rings. The first kappa shape index (κ1) is 17.9. The molecule has 1 aromatic carbocycles. The molecule has 2 rings (SSSR count). The number of rotatable bonds is 5. The third-order valence-electron chi connectivity index (χ3n) is 3.55. The lowest BCUT2D eigenvalue weighted by Gasteiger charge is -2.38. The molecule has 0 radical (unpaired) electrons. The molecule has 1 saturated carbocycles. The van der Waals surface area contributed by atoms with Gasteiger partial charge in [0, 0.05) is 12.1 Å². The second-order valence-electron chi connectivity index (χ2n) is 5.03. The number of hydrogen-bond donors (Lipinski definition) is 2. The van der Waals surface area contributed by atoms with E-state index in [4.69, 9.17) is 5.73 Å². The van der Waals surface area contributed by atoms with Crippen molar-refractivity contribution in [2.75, 3.05) is 13.7 Å². The van der Waals surface area contributed by atoms with Gasteiger partial charge >= 0.3 is 5.97 Å². The Morgan fingerprint density at radius 1 is 1.38 bits per heavy atom. The molecule has 118 valence electrons. The molecule has 1 aliphatic carbocycles. The lowest BCUT2D eigenvalue weighted by molar-refractivity contribution is 0.0596. The lowest BCUT2D eigenvalue weighted by Crippen LogP contribution is -2.54. The molecule has 0 aromatic heterocycles. The quantitative estimate of drug-likeness (QED) is 0.784. The van der Waals surface area contributed by atoms with E-state index in [2.05, 4.69) is 9.46 Å². The fraction of sp³-hybridized carbons (Fsp3) is 0.462. The summed E-state index contributed by atoms with van der Waals surface area (Å²) in [4.78, 5) is 11.5. The number of halogens is 1. The van der Waals surface area contributed by atoms with Crippen molar-refractivity contribution in [3.05, 3.63) is 29.8 Å². The van der Waals surface area contributed by atoms with Crippen molar-refractivity contribution < 1.29 is 17.9 Å². The summed E-state index contributed by atoms with van der Waals surface area (Å²) in [7, 11) is -2.58. The predicted molar refractivity (Wildman–Crippen MR) is 81.0 cm³/mol. The van der Waals surface area contributed by atoms with Crippen molar-refractivity contribution in [2.45, 2.75) is 29.7 Å². The van der Waals surface area contributed by atoms with E-state index in [1.165, 1.54) is 19.2 Å². The minimum absolute atomic E-state index is 0. The normalized spacial score (nSPS) is 16.5. The second-order valence-corrected chi connectivity index (χ2v) is 6.76. The average Bonchev–Trinajstić information content (AvgIpc) is 2.42. The summed E-state index contributed by atoms with van der Waals surface area (Å²) in [6, 6.07) is 5.94. The van der Waals surface area contributed by atoms with Gasteiger partial charge in [-0.1, -0.05) is 12.1 Å². The first-order chi connectivity index (χ1) is 9.38. The van der Waals surface area contributed by atoms with Gasteiger partial charge in [0.1, 0.15) is 0 Å². The average molecular weight is 335 g/mol. The summed E-state index contributed by atoms with van der Waals surface area (Å²) in [6.07, 6.45) is 2.61. The van der Waals surface area contributed by atoms with Gasteiger partial charge in [0.25, 0.3) is 0 Å². The number of ether oxygens (including phenoxy) is 1. The minimum atomic E-state index is -3.79. The van der Waals surface area contributed by atoms with Crippen LogP contribution in [0.4, 0.5) is 0 Å². The van der Waals surface area contributed by atoms with E-state index < -0.39 is 21.5 Å². The van der Waals surface area contributed by atoms with E-state index in [9.17, 15) is 13.2 Å². The molecule has 1 aromatic rings. The minimum Gasteiger partial charge on any atom is -0.465 e. The highest BCUT2D eigenvalue weighted by Gasteiger charge is 2.34. The predicted octanol–water partition coefficient (Wildman–Crippen LogP) is 1.05. The summed E-state index contributed by atoms with van der Waals surface area (Å²) >= 11 is 0. The van der Waals surface area contributed by atoms with Crippen LogP contribution in [0.3, 0.4) is 0 Å². The Hall–Kier alpha value is -1.15. The van der Waals surface area contributed by atoms with E-state index in [1.807, 2.05) is 0 Å². The summed E-state index contributed by atoms with van der Waals surface area (Å²) in [5, 5.41) is 0. The summed E-state index contributed by atoms with van der Waals surface area (Å²) < 4.78 is 31.6. The maximum atomic E-state index is 12.3. The summed E-state index contributed by atoms with van der Waals surface area (Å²) in [5.74, 6) is -0.683. The highest BCUT2D eigenvalue weighted by atomic mass is 35.5. The SMILES string of the molecule is COC(=O)c1ccccc1S(=O)(=O)NCC1(N)CCC1.Cl. The van der Waals surface area contributed by atoms with Gasteiger partial charge in [-0.05, 0) is 31.4 Å². The van der Waals surface area contributed by atoms with Crippen LogP contribution in [-0.2, 0) is 14.8 Å². The smallest absolute Gasteiger partial charge is 0.339 e. The van der Waals surface area contributed by atoms with Crippen LogP contribution < -0.4 is 10.5 Å². The van der Waals surface area contributed by atoms with Crippen molar-refractivity contribution in [1.82, 2.24) is 4.72 Å². The molecule has 0 bridgehead atoms. The molecule has 3 N–H and O–H groups in total. The molecular weight excluding hydrogens is 316 g/mol. The number of carbonyl (C=O) groups is 1. The molecule has 0 atom stereocenters. The van der Waals surface area contributed by atoms with E-state index in [0.29, 0.717) is 0 Å². The van der Waals surface area contributed by atoms with Gasteiger partial charge in [-0.2, -0.15) is 0 Å². The van der Waals surface area contributed by atoms with Gasteiger partial charge in [0.15, 0.2) is 0 Å². The van der Waals surface area contributed by atoms with Gasteiger partial charge in [-0.3, -0.25) is 0 Å². The van der Waals surface area contributed by atoms with Crippen molar-refractivity contribution in [3.8, 4) is 0 Å². The van der Waals surface area contributed by atoms with Crippen LogP contribution in [0.25, 0.3) is 0 Å². The van der Waals surface area contributed by atoms with Crippen LogP contribution in [0, 0.1) is 0 Å². The number of benzene rings is 1. The van der Waals surface area contributed by atoms with Crippen molar-refractivity contribution in [1.29, 1.82) is 0 Å². The molecule has 0 aliphatic heterocycles. The standard InChI is InChI=1S/C13H18N2O4S.ClH/c1-19-12(16)10-5-2-3-6-11(10)20(17,18)15-9-13(14)7-4-8-13;/h2-3,5-6,15H,4,7-9,14H2,1H3;1H. The molecule has 0 heterocycles. The zero-order chi connectivity index (χ0) is 14.8. The third-order valence-corrected chi connectivity index (χ3v) is 5.00. The lowest BCUT2D eigenvalue weighted by atomic mass is 9.78. The summed E-state index contributed by atoms with van der Waals surface area (Å²) in [6.45, 7) is 0.171. The van der Waals surface area contributed by atoms with Crippen LogP contribution in [0.1, 0.15) is 29.6 Å². The Balaban J connectivity index is 0.00000220. The Labute approximate surface area is 130 Å². The Kier molecular flexibility index (Phi) is 5.75. The first-order valence-corrected chi connectivity index (χ1v) is 7.82. The number of nitrogens with one attached hydrogen (secondary N) is 1. The van der Waals surface area contributed by atoms with Crippen LogP contribution in [0.15, 0.2) is 29.2 Å². The van der Waals surface area contributed by atoms with Gasteiger partial charge < -0.3 is 10.5 Å². The fourth-order valence-electron chi connectivity index (χ4n) is 2.10. The van der Waals surface area contributed by atoms with E-state index in [1.54, 1.807) is 12.1 Å². The zero-order valence-electron chi connectivity index (χ0n) is 11.7. The molecule has 6 nitrogen and oxygen atoms in total. The van der Waals surface area contributed by atoms with Crippen LogP contribution >= 0.6 is 12.4 Å². The number of hydrogen-bond acceptors (Lipinski definition) is 5. The van der Waals surface area contributed by atoms with Gasteiger partial charge in [-0.25, -0.2) is 17.9 Å². The molecule has 1 fully saturated rings. The molecule has 0 saturated heterocycles. The van der Waals surface area contributed by atoms with Gasteiger partial charge in [0.2, 0.25) is 10.0 Å². The van der Waals surface area contributed by atoms with Crippen LogP contribution in [0.2, 0.25) is 0 Å². The number of esters is 1. The highest BCUT2D eigenvalue weighted by molar-refractivity contribution is 7.89. The number of sulfonamides is 1. The van der Waals surface area contributed by atoms with Crippen molar-refractivity contribution >= 4 is 28.4 Å². The monoisotopic (exact) mass is 334 g/mol. The molecular formula is C13H19ClN2O4S. The zero-order valence-corrected chi connectivity index (χ0v) is 13.3. The van der Waals surface area contributed by atoms with Crippen molar-refractivity contribution in [3.63, 3.8) is 0 Å². The second kappa shape index (κ2) is 6.74. The van der Waals surface area contributed by atoms with E-state index >= 15 is 0 Å². The maximum absolute atomic E-state index is 12.3. The number of carbonyl (C=O) groups excluding carboxylic acids is 1. The molecule has 8 heteroatoms. The topological polar surface area (TPSA) is 98.5 Å². The highest BCUT2D eigenvalue weighted by Crippen LogP contribution is 2.28. The first-order valence-electron chi connectivity index (χ1n) is 6.34. The number of methoxy groups -OCH3 is 1. The maximum Gasteiger partial charge on any atom is 0.339 e. The molecule has 0 amide bonds.